The molecule has 1 aliphatic carbocycles. The Morgan fingerprint density at radius 2 is 2.21 bits per heavy atom. The number of hydrogen-bond acceptors (Lipinski definition) is 5. The third-order valence-corrected chi connectivity index (χ3v) is 4.78. The molecule has 6 nitrogen and oxygen atoms in total. The Balaban J connectivity index is 1.73. The van der Waals surface area contributed by atoms with Crippen LogP contribution in [0.1, 0.15) is 18.9 Å². The molecule has 3 heterocycles. The molecule has 0 radical (unpaired) electrons. The van der Waals surface area contributed by atoms with Crippen molar-refractivity contribution in [3.63, 3.8) is 0 Å². The van der Waals surface area contributed by atoms with Gasteiger partial charge in [0.05, 0.1) is 12.2 Å². The summed E-state index contributed by atoms with van der Waals surface area (Å²) in [5.74, 6) is 0.333. The summed E-state index contributed by atoms with van der Waals surface area (Å²) in [4.78, 5) is 17.9. The fraction of sp³-hybridized carbons (Fsp3) is 0.455. The van der Waals surface area contributed by atoms with Crippen molar-refractivity contribution < 1.29 is 4.84 Å². The molecule has 0 aromatic carbocycles. The van der Waals surface area contributed by atoms with Crippen LogP contribution >= 0.6 is 27.5 Å². The number of oxime groups is 1. The highest BCUT2D eigenvalue weighted by Gasteiger charge is 2.43. The van der Waals surface area contributed by atoms with Crippen molar-refractivity contribution in [2.24, 2.45) is 11.1 Å². The van der Waals surface area contributed by atoms with Crippen LogP contribution in [-0.4, -0.2) is 30.2 Å². The van der Waals surface area contributed by atoms with Gasteiger partial charge in [0.1, 0.15) is 22.6 Å². The highest BCUT2D eigenvalue weighted by atomic mass is 79.9. The van der Waals surface area contributed by atoms with Gasteiger partial charge in [-0.05, 0) is 22.4 Å². The second-order valence-electron chi connectivity index (χ2n) is 4.78. The van der Waals surface area contributed by atoms with E-state index < -0.39 is 0 Å². The van der Waals surface area contributed by atoms with E-state index in [9.17, 15) is 0 Å². The highest BCUT2D eigenvalue weighted by Crippen LogP contribution is 2.42. The van der Waals surface area contributed by atoms with Crippen molar-refractivity contribution in [2.75, 3.05) is 0 Å². The van der Waals surface area contributed by atoms with E-state index in [2.05, 4.69) is 40.6 Å². The molecule has 0 bridgehead atoms. The van der Waals surface area contributed by atoms with Gasteiger partial charge in [0.25, 0.3) is 0 Å². The summed E-state index contributed by atoms with van der Waals surface area (Å²) in [5.41, 5.74) is 1.42. The van der Waals surface area contributed by atoms with Crippen molar-refractivity contribution in [3.05, 3.63) is 17.8 Å². The summed E-state index contributed by atoms with van der Waals surface area (Å²) in [6.45, 7) is 0. The predicted octanol–water partition coefficient (Wildman–Crippen LogP) is 2.54. The molecular formula is C11H9BrClN5O. The maximum absolute atomic E-state index is 6.02. The molecule has 8 heteroatoms. The van der Waals surface area contributed by atoms with Crippen LogP contribution < -0.4 is 0 Å². The number of aromatic nitrogens is 4. The quantitative estimate of drug-likeness (QED) is 0.747. The zero-order chi connectivity index (χ0) is 13.0. The van der Waals surface area contributed by atoms with Crippen molar-refractivity contribution in [1.29, 1.82) is 0 Å². The molecule has 2 aromatic heterocycles. The average Bonchev–Trinajstić information content (AvgIpc) is 3.05. The lowest BCUT2D eigenvalue weighted by Gasteiger charge is -2.12. The summed E-state index contributed by atoms with van der Waals surface area (Å²) < 4.78 is 2.96. The van der Waals surface area contributed by atoms with Gasteiger partial charge in [0, 0.05) is 12.5 Å². The van der Waals surface area contributed by atoms with Gasteiger partial charge < -0.3 is 9.40 Å². The van der Waals surface area contributed by atoms with Crippen molar-refractivity contribution in [3.8, 4) is 0 Å². The van der Waals surface area contributed by atoms with Gasteiger partial charge >= 0.3 is 0 Å². The van der Waals surface area contributed by atoms with E-state index in [1.54, 1.807) is 6.33 Å². The number of hydrogen-bond donors (Lipinski definition) is 0. The lowest BCUT2D eigenvalue weighted by molar-refractivity contribution is 0.0719. The summed E-state index contributed by atoms with van der Waals surface area (Å²) in [7, 11) is 0. The SMILES string of the molecule is Clc1ncnc2c1ncn2[C@H]1C[C@@H]2C(Br)=NO[C@@H]2C1. The minimum absolute atomic E-state index is 0.147. The van der Waals surface area contributed by atoms with Crippen LogP contribution in [0.3, 0.4) is 0 Å². The molecule has 1 fully saturated rings. The fourth-order valence-corrected chi connectivity index (χ4v) is 3.59. The third-order valence-electron chi connectivity index (χ3n) is 3.77. The number of imidazole rings is 1. The lowest BCUT2D eigenvalue weighted by Crippen LogP contribution is -2.12. The van der Waals surface area contributed by atoms with Gasteiger partial charge in [-0.25, -0.2) is 15.0 Å². The first-order valence-corrected chi connectivity index (χ1v) is 7.13. The lowest BCUT2D eigenvalue weighted by atomic mass is 10.1. The van der Waals surface area contributed by atoms with Crippen LogP contribution in [-0.2, 0) is 4.84 Å². The van der Waals surface area contributed by atoms with Gasteiger partial charge in [0.2, 0.25) is 0 Å². The fourth-order valence-electron chi connectivity index (χ4n) is 2.84. The second kappa shape index (κ2) is 4.14. The van der Waals surface area contributed by atoms with E-state index in [4.69, 9.17) is 16.4 Å². The van der Waals surface area contributed by atoms with Crippen molar-refractivity contribution in [2.45, 2.75) is 25.0 Å². The molecular weight excluding hydrogens is 334 g/mol. The van der Waals surface area contributed by atoms with Crippen LogP contribution in [0.25, 0.3) is 11.2 Å². The van der Waals surface area contributed by atoms with E-state index in [0.29, 0.717) is 22.6 Å². The van der Waals surface area contributed by atoms with Gasteiger partial charge in [-0.15, -0.1) is 0 Å². The van der Waals surface area contributed by atoms with Crippen LogP contribution in [0.15, 0.2) is 17.8 Å². The van der Waals surface area contributed by atoms with Gasteiger partial charge in [-0.2, -0.15) is 0 Å². The maximum atomic E-state index is 6.02. The molecule has 4 rings (SSSR count). The molecule has 0 unspecified atom stereocenters. The summed E-state index contributed by atoms with van der Waals surface area (Å²) in [5, 5.41) is 4.36. The number of nitrogens with zero attached hydrogens (tertiary/aromatic N) is 5. The molecule has 0 amide bonds. The Hall–Kier alpha value is -1.21. The van der Waals surface area contributed by atoms with Crippen LogP contribution in [0, 0.1) is 5.92 Å². The molecule has 19 heavy (non-hydrogen) atoms. The largest absolute Gasteiger partial charge is 0.391 e. The Bertz CT molecular complexity index is 687. The maximum Gasteiger partial charge on any atom is 0.165 e. The first-order chi connectivity index (χ1) is 9.24. The molecule has 0 N–H and O–H groups in total. The summed E-state index contributed by atoms with van der Waals surface area (Å²) in [6.07, 6.45) is 5.25. The molecule has 1 aliphatic heterocycles. The first-order valence-electron chi connectivity index (χ1n) is 5.96. The van der Waals surface area contributed by atoms with E-state index >= 15 is 0 Å². The minimum Gasteiger partial charge on any atom is -0.391 e. The Kier molecular flexibility index (Phi) is 2.53. The number of rotatable bonds is 1. The molecule has 0 saturated heterocycles. The summed E-state index contributed by atoms with van der Waals surface area (Å²) in [6, 6.07) is 0.300. The molecule has 2 aliphatic rings. The average molecular weight is 343 g/mol. The summed E-state index contributed by atoms with van der Waals surface area (Å²) >= 11 is 9.47. The van der Waals surface area contributed by atoms with E-state index in [0.717, 1.165) is 23.1 Å². The molecule has 1 saturated carbocycles. The van der Waals surface area contributed by atoms with E-state index in [-0.39, 0.29) is 6.10 Å². The van der Waals surface area contributed by atoms with Crippen molar-refractivity contribution >= 4 is 43.3 Å². The van der Waals surface area contributed by atoms with E-state index in [1.807, 2.05) is 0 Å². The van der Waals surface area contributed by atoms with Gasteiger partial charge in [-0.3, -0.25) is 0 Å². The van der Waals surface area contributed by atoms with Gasteiger partial charge in [-0.1, -0.05) is 16.8 Å². The predicted molar refractivity (Wildman–Crippen MR) is 73.3 cm³/mol. The van der Waals surface area contributed by atoms with E-state index in [1.165, 1.54) is 6.33 Å². The Morgan fingerprint density at radius 1 is 1.32 bits per heavy atom. The van der Waals surface area contributed by atoms with Crippen LogP contribution in [0.2, 0.25) is 5.15 Å². The molecule has 3 atom stereocenters. The third kappa shape index (κ3) is 1.68. The number of halogens is 2. The number of fused-ring (bicyclic) bond motifs is 2. The minimum atomic E-state index is 0.147. The van der Waals surface area contributed by atoms with Crippen molar-refractivity contribution in [1.82, 2.24) is 19.5 Å². The Labute approximate surface area is 122 Å². The topological polar surface area (TPSA) is 65.2 Å². The normalized spacial score (nSPS) is 29.4. The molecule has 0 spiro atoms. The Morgan fingerprint density at radius 3 is 3.05 bits per heavy atom. The zero-order valence-electron chi connectivity index (χ0n) is 9.70. The van der Waals surface area contributed by atoms with Crippen LogP contribution in [0.5, 0.6) is 0 Å². The molecule has 98 valence electrons. The highest BCUT2D eigenvalue weighted by molar-refractivity contribution is 9.18. The first kappa shape index (κ1) is 11.6. The zero-order valence-corrected chi connectivity index (χ0v) is 12.0. The monoisotopic (exact) mass is 341 g/mol. The van der Waals surface area contributed by atoms with Gasteiger partial charge in [0.15, 0.2) is 10.8 Å². The smallest absolute Gasteiger partial charge is 0.165 e. The standard InChI is InChI=1S/C11H9BrClN5O/c12-9-6-1-5(2-7(6)19-17-9)18-4-16-8-10(13)14-3-15-11(8)18/h3-7H,1-2H2/t5-,6-,7+/m0/s1. The molecule has 2 aromatic rings. The second-order valence-corrected chi connectivity index (χ2v) is 5.95. The van der Waals surface area contributed by atoms with Crippen LogP contribution in [0.4, 0.5) is 0 Å².